The van der Waals surface area contributed by atoms with Gasteiger partial charge in [-0.1, -0.05) is 0 Å². The van der Waals surface area contributed by atoms with Gasteiger partial charge < -0.3 is 5.11 Å². The summed E-state index contributed by atoms with van der Waals surface area (Å²) in [5, 5.41) is 37.5. The number of rotatable bonds is 0. The summed E-state index contributed by atoms with van der Waals surface area (Å²) in [6.45, 7) is 1.83. The highest BCUT2D eigenvalue weighted by molar-refractivity contribution is 6.06. The first kappa shape index (κ1) is 11.9. The number of benzene rings is 2. The van der Waals surface area contributed by atoms with Gasteiger partial charge >= 0.3 is 0 Å². The maximum atomic E-state index is 9.73. The molecule has 1 heterocycles. The number of aryl methyl sites for hydroxylation is 1. The van der Waals surface area contributed by atoms with Gasteiger partial charge in [-0.05, 0) is 36.8 Å². The minimum atomic E-state index is 0.132. The molecule has 0 atom stereocenters. The highest BCUT2D eigenvalue weighted by Crippen LogP contribution is 2.29. The molecule has 20 heavy (non-hydrogen) atoms. The first-order chi connectivity index (χ1) is 9.63. The number of nitrogens with zero attached hydrogens (tertiary/aromatic N) is 4. The number of aromatic nitrogens is 2. The molecule has 0 fully saturated rings. The van der Waals surface area contributed by atoms with Gasteiger partial charge in [0, 0.05) is 10.8 Å². The van der Waals surface area contributed by atoms with Crippen LogP contribution in [0, 0.1) is 29.6 Å². The van der Waals surface area contributed by atoms with Crippen molar-refractivity contribution in [3.63, 3.8) is 0 Å². The van der Waals surface area contributed by atoms with Crippen LogP contribution in [0.5, 0.6) is 5.75 Å². The number of phenolic OH excluding ortho intramolecular Hbond substituents is 1. The first-order valence-corrected chi connectivity index (χ1v) is 5.88. The largest absolute Gasteiger partial charge is 0.508 e. The van der Waals surface area contributed by atoms with Crippen LogP contribution in [0.25, 0.3) is 21.8 Å². The van der Waals surface area contributed by atoms with Crippen LogP contribution in [0.2, 0.25) is 0 Å². The lowest BCUT2D eigenvalue weighted by molar-refractivity contribution is 0.476. The molecule has 5 heteroatoms. The van der Waals surface area contributed by atoms with Gasteiger partial charge in [0.1, 0.15) is 17.9 Å². The number of nitriles is 2. The Balaban J connectivity index is 2.55. The van der Waals surface area contributed by atoms with E-state index in [0.717, 1.165) is 5.56 Å². The third-order valence-electron chi connectivity index (χ3n) is 3.21. The normalized spacial score (nSPS) is 10.3. The van der Waals surface area contributed by atoms with E-state index in [9.17, 15) is 5.11 Å². The average molecular weight is 260 g/mol. The molecule has 0 unspecified atom stereocenters. The molecule has 0 radical (unpaired) electrons. The summed E-state index contributed by atoms with van der Waals surface area (Å²) in [4.78, 5) is 0. The minimum absolute atomic E-state index is 0.132. The van der Waals surface area contributed by atoms with Crippen LogP contribution in [0.3, 0.4) is 0 Å². The Morgan fingerprint density at radius 2 is 1.65 bits per heavy atom. The first-order valence-electron chi connectivity index (χ1n) is 5.88. The monoisotopic (exact) mass is 260 g/mol. The van der Waals surface area contributed by atoms with Crippen LogP contribution < -0.4 is 0 Å². The fourth-order valence-corrected chi connectivity index (χ4v) is 2.27. The number of hydrogen-bond donors (Lipinski definition) is 1. The van der Waals surface area contributed by atoms with E-state index in [1.807, 2.05) is 19.1 Å². The SMILES string of the molecule is Cc1cc(O)cc2c1nnc1cc(C#N)c(C#N)cc12. The van der Waals surface area contributed by atoms with Crippen molar-refractivity contribution in [2.24, 2.45) is 0 Å². The second-order valence-electron chi connectivity index (χ2n) is 4.50. The summed E-state index contributed by atoms with van der Waals surface area (Å²) in [5.74, 6) is 0.132. The van der Waals surface area contributed by atoms with Gasteiger partial charge in [0.05, 0.1) is 22.2 Å². The molecule has 3 rings (SSSR count). The predicted molar refractivity (Wildman–Crippen MR) is 72.9 cm³/mol. The average Bonchev–Trinajstić information content (AvgIpc) is 2.45. The van der Waals surface area contributed by atoms with E-state index in [0.29, 0.717) is 21.8 Å². The number of hydrogen-bond acceptors (Lipinski definition) is 5. The molecule has 5 nitrogen and oxygen atoms in total. The van der Waals surface area contributed by atoms with Gasteiger partial charge in [-0.15, -0.1) is 10.2 Å². The molecule has 0 saturated carbocycles. The summed E-state index contributed by atoms with van der Waals surface area (Å²) in [5.41, 5.74) is 2.56. The van der Waals surface area contributed by atoms with Crippen molar-refractivity contribution in [1.82, 2.24) is 10.2 Å². The van der Waals surface area contributed by atoms with E-state index in [1.165, 1.54) is 0 Å². The Morgan fingerprint density at radius 3 is 2.35 bits per heavy atom. The van der Waals surface area contributed by atoms with E-state index in [2.05, 4.69) is 10.2 Å². The molecule has 0 saturated heterocycles. The van der Waals surface area contributed by atoms with E-state index in [1.54, 1.807) is 24.3 Å². The lowest BCUT2D eigenvalue weighted by Crippen LogP contribution is -1.93. The molecule has 94 valence electrons. The Hall–Kier alpha value is -3.18. The molecule has 1 aromatic heterocycles. The molecule has 0 aliphatic heterocycles. The van der Waals surface area contributed by atoms with Crippen LogP contribution in [-0.4, -0.2) is 15.3 Å². The van der Waals surface area contributed by atoms with Crippen molar-refractivity contribution in [3.8, 4) is 17.9 Å². The Labute approximate surface area is 114 Å². The van der Waals surface area contributed by atoms with Crippen LogP contribution in [0.1, 0.15) is 16.7 Å². The summed E-state index contributed by atoms with van der Waals surface area (Å²) in [6.07, 6.45) is 0. The molecule has 0 spiro atoms. The number of fused-ring (bicyclic) bond motifs is 3. The van der Waals surface area contributed by atoms with Crippen LogP contribution >= 0.6 is 0 Å². The zero-order chi connectivity index (χ0) is 14.3. The molecule has 3 aromatic rings. The van der Waals surface area contributed by atoms with Crippen LogP contribution in [0.4, 0.5) is 0 Å². The second kappa shape index (κ2) is 4.18. The lowest BCUT2D eigenvalue weighted by Gasteiger charge is -2.06. The maximum absolute atomic E-state index is 9.73. The second-order valence-corrected chi connectivity index (χ2v) is 4.50. The van der Waals surface area contributed by atoms with Crippen molar-refractivity contribution in [1.29, 1.82) is 10.5 Å². The fourth-order valence-electron chi connectivity index (χ4n) is 2.27. The quantitative estimate of drug-likeness (QED) is 0.627. The zero-order valence-corrected chi connectivity index (χ0v) is 10.5. The Bertz CT molecular complexity index is 948. The van der Waals surface area contributed by atoms with Gasteiger partial charge in [0.25, 0.3) is 0 Å². The van der Waals surface area contributed by atoms with E-state index >= 15 is 0 Å². The molecule has 1 N–H and O–H groups in total. The predicted octanol–water partition coefficient (Wildman–Crippen LogP) is 2.54. The van der Waals surface area contributed by atoms with Gasteiger partial charge in [0.15, 0.2) is 0 Å². The standard InChI is InChI=1S/C15H8N4O/c1-8-2-11(20)5-13-12-3-9(6-16)10(7-17)4-14(12)18-19-15(8)13/h2-5,20H,1H3. The topological polar surface area (TPSA) is 93.6 Å². The summed E-state index contributed by atoms with van der Waals surface area (Å²) in [6, 6.07) is 10.3. The van der Waals surface area contributed by atoms with Crippen molar-refractivity contribution in [3.05, 3.63) is 41.0 Å². The zero-order valence-electron chi connectivity index (χ0n) is 10.5. The van der Waals surface area contributed by atoms with Crippen LogP contribution in [0.15, 0.2) is 24.3 Å². The molecule has 0 aliphatic rings. The van der Waals surface area contributed by atoms with Crippen molar-refractivity contribution in [2.75, 3.05) is 0 Å². The third-order valence-corrected chi connectivity index (χ3v) is 3.21. The molecule has 0 bridgehead atoms. The summed E-state index contributed by atoms with van der Waals surface area (Å²) in [7, 11) is 0. The van der Waals surface area contributed by atoms with Gasteiger partial charge in [-0.2, -0.15) is 10.5 Å². The summed E-state index contributed by atoms with van der Waals surface area (Å²) >= 11 is 0. The minimum Gasteiger partial charge on any atom is -0.508 e. The van der Waals surface area contributed by atoms with E-state index in [4.69, 9.17) is 10.5 Å². The summed E-state index contributed by atoms with van der Waals surface area (Å²) < 4.78 is 0. The molecular formula is C15H8N4O. The van der Waals surface area contributed by atoms with E-state index in [-0.39, 0.29) is 16.9 Å². The third kappa shape index (κ3) is 1.62. The number of aromatic hydroxyl groups is 1. The fraction of sp³-hybridized carbons (Fsp3) is 0.0667. The molecule has 0 aliphatic carbocycles. The molecular weight excluding hydrogens is 252 g/mol. The van der Waals surface area contributed by atoms with E-state index < -0.39 is 0 Å². The van der Waals surface area contributed by atoms with Crippen molar-refractivity contribution >= 4 is 21.8 Å². The lowest BCUT2D eigenvalue weighted by atomic mass is 10.0. The number of phenols is 1. The van der Waals surface area contributed by atoms with Crippen molar-refractivity contribution < 1.29 is 5.11 Å². The Morgan fingerprint density at radius 1 is 0.950 bits per heavy atom. The van der Waals surface area contributed by atoms with Crippen LogP contribution in [-0.2, 0) is 0 Å². The highest BCUT2D eigenvalue weighted by Gasteiger charge is 2.11. The highest BCUT2D eigenvalue weighted by atomic mass is 16.3. The van der Waals surface area contributed by atoms with Crippen molar-refractivity contribution in [2.45, 2.75) is 6.92 Å². The van der Waals surface area contributed by atoms with Gasteiger partial charge in [0.2, 0.25) is 0 Å². The molecule has 0 amide bonds. The maximum Gasteiger partial charge on any atom is 0.116 e. The smallest absolute Gasteiger partial charge is 0.116 e. The van der Waals surface area contributed by atoms with Gasteiger partial charge in [-0.3, -0.25) is 0 Å². The van der Waals surface area contributed by atoms with Gasteiger partial charge in [-0.25, -0.2) is 0 Å². The molecule has 2 aromatic carbocycles. The Kier molecular flexibility index (Phi) is 2.49.